The summed E-state index contributed by atoms with van der Waals surface area (Å²) in [6.45, 7) is 0. The first kappa shape index (κ1) is 19.8. The summed E-state index contributed by atoms with van der Waals surface area (Å²) < 4.78 is 10.4. The molecule has 0 fully saturated rings. The van der Waals surface area contributed by atoms with E-state index in [0.29, 0.717) is 11.3 Å². The number of ether oxygens (including phenoxy) is 2. The fourth-order valence-electron chi connectivity index (χ4n) is 2.55. The van der Waals surface area contributed by atoms with Gasteiger partial charge in [-0.05, 0) is 59.7 Å². The second-order valence-corrected chi connectivity index (χ2v) is 6.16. The largest absolute Gasteiger partial charge is 0.497 e. The molecular weight excluding hydrogens is 364 g/mol. The van der Waals surface area contributed by atoms with Crippen molar-refractivity contribution >= 4 is 23.9 Å². The Morgan fingerprint density at radius 1 is 0.690 bits per heavy atom. The fraction of sp³-hybridized carbons (Fsp3) is 0.0400. The lowest BCUT2D eigenvalue weighted by Gasteiger charge is -2.02. The van der Waals surface area contributed by atoms with Crippen molar-refractivity contribution in [1.29, 1.82) is 0 Å². The molecule has 3 rings (SSSR count). The van der Waals surface area contributed by atoms with Crippen molar-refractivity contribution in [2.24, 2.45) is 0 Å². The lowest BCUT2D eigenvalue weighted by Crippen LogP contribution is -2.04. The molecule has 0 aliphatic rings. The van der Waals surface area contributed by atoms with Crippen LogP contribution in [-0.4, -0.2) is 18.9 Å². The molecule has 0 aromatic heterocycles. The number of carbonyl (C=O) groups excluding carboxylic acids is 2. The van der Waals surface area contributed by atoms with E-state index >= 15 is 0 Å². The van der Waals surface area contributed by atoms with Crippen molar-refractivity contribution in [2.45, 2.75) is 0 Å². The summed E-state index contributed by atoms with van der Waals surface area (Å²) >= 11 is 0. The second-order valence-electron chi connectivity index (χ2n) is 6.16. The highest BCUT2D eigenvalue weighted by Gasteiger charge is 2.05. The molecule has 0 saturated carbocycles. The Bertz CT molecular complexity index is 1010. The number of hydrogen-bond acceptors (Lipinski definition) is 4. The van der Waals surface area contributed by atoms with Gasteiger partial charge < -0.3 is 9.47 Å². The van der Waals surface area contributed by atoms with Gasteiger partial charge in [-0.15, -0.1) is 0 Å². The van der Waals surface area contributed by atoms with E-state index in [9.17, 15) is 9.59 Å². The van der Waals surface area contributed by atoms with E-state index in [1.165, 1.54) is 12.2 Å². The monoisotopic (exact) mass is 384 g/mol. The van der Waals surface area contributed by atoms with Crippen LogP contribution in [0.5, 0.6) is 11.5 Å². The normalized spacial score (nSPS) is 10.9. The summed E-state index contributed by atoms with van der Waals surface area (Å²) in [5, 5.41) is 0. The fourth-order valence-corrected chi connectivity index (χ4v) is 2.55. The van der Waals surface area contributed by atoms with Gasteiger partial charge in [0.15, 0.2) is 5.78 Å². The highest BCUT2D eigenvalue weighted by molar-refractivity contribution is 6.06. The number of hydrogen-bond donors (Lipinski definition) is 0. The quantitative estimate of drug-likeness (QED) is 0.243. The molecule has 4 heteroatoms. The first-order chi connectivity index (χ1) is 14.1. The number of carbonyl (C=O) groups is 2. The van der Waals surface area contributed by atoms with Gasteiger partial charge in [0.05, 0.1) is 7.11 Å². The minimum atomic E-state index is -0.479. The highest BCUT2D eigenvalue weighted by atomic mass is 16.5. The van der Waals surface area contributed by atoms with Crippen LogP contribution in [0.3, 0.4) is 0 Å². The van der Waals surface area contributed by atoms with Gasteiger partial charge in [0.25, 0.3) is 0 Å². The standard InChI is InChI=1S/C25H20O4/c1-28-22-13-7-20(8-14-22)9-17-24(26)21-11-15-23(16-12-21)29-25(27)18-10-19-5-3-2-4-6-19/h2-18H,1H3. The maximum atomic E-state index is 12.3. The predicted molar refractivity (Wildman–Crippen MR) is 114 cm³/mol. The van der Waals surface area contributed by atoms with Crippen LogP contribution >= 0.6 is 0 Å². The summed E-state index contributed by atoms with van der Waals surface area (Å²) in [4.78, 5) is 24.2. The predicted octanol–water partition coefficient (Wildman–Crippen LogP) is 5.21. The molecule has 144 valence electrons. The zero-order valence-corrected chi connectivity index (χ0v) is 15.9. The number of benzene rings is 3. The molecule has 0 amide bonds. The van der Waals surface area contributed by atoms with Crippen LogP contribution in [0.4, 0.5) is 0 Å². The molecule has 0 aliphatic carbocycles. The van der Waals surface area contributed by atoms with Gasteiger partial charge in [-0.2, -0.15) is 0 Å². The number of ketones is 1. The minimum Gasteiger partial charge on any atom is -0.497 e. The van der Waals surface area contributed by atoms with Crippen LogP contribution in [0.1, 0.15) is 21.5 Å². The molecule has 4 nitrogen and oxygen atoms in total. The third-order valence-corrected chi connectivity index (χ3v) is 4.11. The molecule has 0 bridgehead atoms. The highest BCUT2D eigenvalue weighted by Crippen LogP contribution is 2.15. The average molecular weight is 384 g/mol. The van der Waals surface area contributed by atoms with E-state index in [4.69, 9.17) is 9.47 Å². The van der Waals surface area contributed by atoms with Crippen molar-refractivity contribution in [3.05, 3.63) is 108 Å². The van der Waals surface area contributed by atoms with Crippen molar-refractivity contribution in [3.63, 3.8) is 0 Å². The first-order valence-corrected chi connectivity index (χ1v) is 9.05. The maximum Gasteiger partial charge on any atom is 0.336 e. The molecule has 0 aliphatic heterocycles. The van der Waals surface area contributed by atoms with Gasteiger partial charge in [-0.25, -0.2) is 4.79 Å². The molecule has 0 radical (unpaired) electrons. The summed E-state index contributed by atoms with van der Waals surface area (Å²) in [6.07, 6.45) is 6.30. The van der Waals surface area contributed by atoms with Gasteiger partial charge >= 0.3 is 5.97 Å². The SMILES string of the molecule is COc1ccc(C=CC(=O)c2ccc(OC(=O)C=Cc3ccccc3)cc2)cc1. The van der Waals surface area contributed by atoms with Crippen molar-refractivity contribution in [3.8, 4) is 11.5 Å². The van der Waals surface area contributed by atoms with Crippen LogP contribution in [0, 0.1) is 0 Å². The van der Waals surface area contributed by atoms with Gasteiger partial charge in [-0.3, -0.25) is 4.79 Å². The van der Waals surface area contributed by atoms with E-state index in [1.54, 1.807) is 43.5 Å². The van der Waals surface area contributed by atoms with E-state index in [-0.39, 0.29) is 5.78 Å². The van der Waals surface area contributed by atoms with Gasteiger partial charge in [0.2, 0.25) is 0 Å². The Morgan fingerprint density at radius 2 is 1.28 bits per heavy atom. The molecule has 0 atom stereocenters. The van der Waals surface area contributed by atoms with Crippen molar-refractivity contribution in [1.82, 2.24) is 0 Å². The van der Waals surface area contributed by atoms with Gasteiger partial charge in [0.1, 0.15) is 11.5 Å². The van der Waals surface area contributed by atoms with Crippen LogP contribution < -0.4 is 9.47 Å². The number of allylic oxidation sites excluding steroid dienone is 1. The van der Waals surface area contributed by atoms with Crippen LogP contribution in [-0.2, 0) is 4.79 Å². The van der Waals surface area contributed by atoms with Crippen molar-refractivity contribution in [2.75, 3.05) is 7.11 Å². The van der Waals surface area contributed by atoms with E-state index < -0.39 is 5.97 Å². The third kappa shape index (κ3) is 6.04. The number of methoxy groups -OCH3 is 1. The smallest absolute Gasteiger partial charge is 0.336 e. The third-order valence-electron chi connectivity index (χ3n) is 4.11. The molecular formula is C25H20O4. The van der Waals surface area contributed by atoms with E-state index in [0.717, 1.165) is 16.9 Å². The van der Waals surface area contributed by atoms with Crippen LogP contribution in [0.2, 0.25) is 0 Å². The molecule has 0 spiro atoms. The average Bonchev–Trinajstić information content (AvgIpc) is 2.77. The maximum absolute atomic E-state index is 12.3. The zero-order chi connectivity index (χ0) is 20.5. The lowest BCUT2D eigenvalue weighted by molar-refractivity contribution is -0.128. The molecule has 0 heterocycles. The topological polar surface area (TPSA) is 52.6 Å². The minimum absolute atomic E-state index is 0.136. The Hall–Kier alpha value is -3.92. The summed E-state index contributed by atoms with van der Waals surface area (Å²) in [6, 6.07) is 23.3. The molecule has 0 unspecified atom stereocenters. The number of esters is 1. The Kier molecular flexibility index (Phi) is 6.74. The lowest BCUT2D eigenvalue weighted by atomic mass is 10.1. The van der Waals surface area contributed by atoms with Gasteiger partial charge in [-0.1, -0.05) is 48.5 Å². The molecule has 29 heavy (non-hydrogen) atoms. The summed E-state index contributed by atoms with van der Waals surface area (Å²) in [5.41, 5.74) is 2.32. The molecule has 3 aromatic carbocycles. The molecule has 3 aromatic rings. The molecule has 0 saturated heterocycles. The van der Waals surface area contributed by atoms with E-state index in [1.807, 2.05) is 54.6 Å². The zero-order valence-electron chi connectivity index (χ0n) is 15.9. The first-order valence-electron chi connectivity index (χ1n) is 9.05. The van der Waals surface area contributed by atoms with Gasteiger partial charge in [0, 0.05) is 11.6 Å². The van der Waals surface area contributed by atoms with E-state index in [2.05, 4.69) is 0 Å². The Labute approximate surface area is 169 Å². The Morgan fingerprint density at radius 3 is 1.93 bits per heavy atom. The Balaban J connectivity index is 1.57. The summed E-state index contributed by atoms with van der Waals surface area (Å²) in [5.74, 6) is 0.524. The molecule has 0 N–H and O–H groups in total. The summed E-state index contributed by atoms with van der Waals surface area (Å²) in [7, 11) is 1.61. The number of rotatable bonds is 7. The van der Waals surface area contributed by atoms with Crippen molar-refractivity contribution < 1.29 is 19.1 Å². The second kappa shape index (κ2) is 9.85. The van der Waals surface area contributed by atoms with Crippen LogP contribution in [0.15, 0.2) is 91.0 Å². The van der Waals surface area contributed by atoms with Crippen LogP contribution in [0.25, 0.3) is 12.2 Å².